The van der Waals surface area contributed by atoms with Crippen molar-refractivity contribution in [3.63, 3.8) is 0 Å². The van der Waals surface area contributed by atoms with E-state index in [0.717, 1.165) is 19.5 Å². The van der Waals surface area contributed by atoms with Crippen LogP contribution < -0.4 is 10.5 Å². The number of amides is 1. The second-order valence-corrected chi connectivity index (χ2v) is 5.11. The number of halogens is 1. The lowest BCUT2D eigenvalue weighted by atomic mass is 9.94. The molecule has 1 aromatic rings. The van der Waals surface area contributed by atoms with E-state index in [1.807, 2.05) is 36.1 Å². The van der Waals surface area contributed by atoms with Crippen LogP contribution in [0.5, 0.6) is 5.75 Å². The first-order valence-electron chi connectivity index (χ1n) is 6.90. The molecule has 1 aliphatic rings. The van der Waals surface area contributed by atoms with Gasteiger partial charge in [0.05, 0.1) is 12.2 Å². The maximum Gasteiger partial charge on any atom is 0.257 e. The van der Waals surface area contributed by atoms with Gasteiger partial charge in [-0.1, -0.05) is 19.1 Å². The molecule has 0 bridgehead atoms. The molecule has 2 rings (SSSR count). The second-order valence-electron chi connectivity index (χ2n) is 5.11. The van der Waals surface area contributed by atoms with Crippen LogP contribution >= 0.6 is 12.4 Å². The lowest BCUT2D eigenvalue weighted by Gasteiger charge is -2.35. The number of nitrogens with two attached hydrogens (primary N) is 1. The molecule has 1 saturated heterocycles. The SMILES string of the molecule is CCOc1ccccc1C(=O)N1CCC(N)C(C)C1.Cl. The monoisotopic (exact) mass is 298 g/mol. The van der Waals surface area contributed by atoms with E-state index >= 15 is 0 Å². The van der Waals surface area contributed by atoms with Gasteiger partial charge in [0.1, 0.15) is 5.75 Å². The molecule has 20 heavy (non-hydrogen) atoms. The molecule has 0 aromatic heterocycles. The summed E-state index contributed by atoms with van der Waals surface area (Å²) < 4.78 is 5.52. The van der Waals surface area contributed by atoms with Crippen molar-refractivity contribution in [2.24, 2.45) is 11.7 Å². The summed E-state index contributed by atoms with van der Waals surface area (Å²) in [5.74, 6) is 1.05. The maximum atomic E-state index is 12.6. The summed E-state index contributed by atoms with van der Waals surface area (Å²) in [6.45, 7) is 6.03. The van der Waals surface area contributed by atoms with Gasteiger partial charge in [0, 0.05) is 19.1 Å². The summed E-state index contributed by atoms with van der Waals surface area (Å²) in [7, 11) is 0. The summed E-state index contributed by atoms with van der Waals surface area (Å²) in [6, 6.07) is 7.62. The number of carbonyl (C=O) groups excluding carboxylic acids is 1. The van der Waals surface area contributed by atoms with Crippen LogP contribution in [0.2, 0.25) is 0 Å². The van der Waals surface area contributed by atoms with E-state index in [2.05, 4.69) is 6.92 Å². The Hall–Kier alpha value is -1.26. The first-order chi connectivity index (χ1) is 9.13. The van der Waals surface area contributed by atoms with Crippen LogP contribution in [0.4, 0.5) is 0 Å². The van der Waals surface area contributed by atoms with Crippen LogP contribution in [0.3, 0.4) is 0 Å². The smallest absolute Gasteiger partial charge is 0.257 e. The van der Waals surface area contributed by atoms with Crippen molar-refractivity contribution in [3.8, 4) is 5.75 Å². The Morgan fingerprint density at radius 3 is 2.80 bits per heavy atom. The van der Waals surface area contributed by atoms with E-state index < -0.39 is 0 Å². The molecule has 2 N–H and O–H groups in total. The number of rotatable bonds is 3. The lowest BCUT2D eigenvalue weighted by molar-refractivity contribution is 0.0660. The zero-order valence-electron chi connectivity index (χ0n) is 12.0. The highest BCUT2D eigenvalue weighted by molar-refractivity contribution is 5.97. The Morgan fingerprint density at radius 2 is 2.15 bits per heavy atom. The topological polar surface area (TPSA) is 55.6 Å². The van der Waals surface area contributed by atoms with Gasteiger partial charge < -0.3 is 15.4 Å². The zero-order chi connectivity index (χ0) is 13.8. The fraction of sp³-hybridized carbons (Fsp3) is 0.533. The highest BCUT2D eigenvalue weighted by atomic mass is 35.5. The Kier molecular flexibility index (Phi) is 6.30. The fourth-order valence-electron chi connectivity index (χ4n) is 2.44. The minimum atomic E-state index is 0. The molecule has 0 saturated carbocycles. The van der Waals surface area contributed by atoms with Crippen molar-refractivity contribution in [2.75, 3.05) is 19.7 Å². The normalized spacial score (nSPS) is 22.1. The third-order valence-corrected chi connectivity index (χ3v) is 3.68. The lowest BCUT2D eigenvalue weighted by Crippen LogP contribution is -2.48. The number of hydrogen-bond acceptors (Lipinski definition) is 3. The first-order valence-corrected chi connectivity index (χ1v) is 6.90. The van der Waals surface area contributed by atoms with Gasteiger partial charge in [-0.2, -0.15) is 0 Å². The molecule has 1 aliphatic heterocycles. The molecule has 1 aromatic carbocycles. The highest BCUT2D eigenvalue weighted by Gasteiger charge is 2.28. The number of benzene rings is 1. The molecule has 1 heterocycles. The number of ether oxygens (including phenoxy) is 1. The molecule has 1 amide bonds. The summed E-state index contributed by atoms with van der Waals surface area (Å²) in [5.41, 5.74) is 6.64. The average Bonchev–Trinajstić information content (AvgIpc) is 2.42. The van der Waals surface area contributed by atoms with E-state index in [-0.39, 0.29) is 24.4 Å². The van der Waals surface area contributed by atoms with Crippen molar-refractivity contribution in [1.29, 1.82) is 0 Å². The molecular formula is C15H23ClN2O2. The van der Waals surface area contributed by atoms with Crippen LogP contribution in [0, 0.1) is 5.92 Å². The molecule has 4 nitrogen and oxygen atoms in total. The van der Waals surface area contributed by atoms with Crippen molar-refractivity contribution in [3.05, 3.63) is 29.8 Å². The van der Waals surface area contributed by atoms with Gasteiger partial charge in [-0.25, -0.2) is 0 Å². The quantitative estimate of drug-likeness (QED) is 0.932. The fourth-order valence-corrected chi connectivity index (χ4v) is 2.44. The number of hydrogen-bond donors (Lipinski definition) is 1. The Morgan fingerprint density at radius 1 is 1.45 bits per heavy atom. The number of para-hydroxylation sites is 1. The van der Waals surface area contributed by atoms with Gasteiger partial charge in [0.2, 0.25) is 0 Å². The summed E-state index contributed by atoms with van der Waals surface area (Å²) in [6.07, 6.45) is 0.865. The molecule has 112 valence electrons. The summed E-state index contributed by atoms with van der Waals surface area (Å²) in [4.78, 5) is 14.4. The van der Waals surface area contributed by atoms with Gasteiger partial charge in [0.25, 0.3) is 5.91 Å². The standard InChI is InChI=1S/C15H22N2O2.ClH/c1-3-19-14-7-5-4-6-12(14)15(18)17-9-8-13(16)11(2)10-17;/h4-7,11,13H,3,8-10,16H2,1-2H3;1H. The third kappa shape index (κ3) is 3.64. The Labute approximate surface area is 126 Å². The Bertz CT molecular complexity index is 453. The van der Waals surface area contributed by atoms with Crippen molar-refractivity contribution in [2.45, 2.75) is 26.3 Å². The molecule has 0 aliphatic carbocycles. The van der Waals surface area contributed by atoms with Gasteiger partial charge in [-0.15, -0.1) is 12.4 Å². The maximum absolute atomic E-state index is 12.6. The van der Waals surface area contributed by atoms with Gasteiger partial charge >= 0.3 is 0 Å². The molecule has 1 fully saturated rings. The van der Waals surface area contributed by atoms with Crippen molar-refractivity contribution >= 4 is 18.3 Å². The van der Waals surface area contributed by atoms with E-state index in [9.17, 15) is 4.79 Å². The number of piperidine rings is 1. The second kappa shape index (κ2) is 7.50. The van der Waals surface area contributed by atoms with Gasteiger partial charge in [-0.3, -0.25) is 4.79 Å². The molecule has 2 unspecified atom stereocenters. The zero-order valence-corrected chi connectivity index (χ0v) is 12.9. The summed E-state index contributed by atoms with van der Waals surface area (Å²) >= 11 is 0. The van der Waals surface area contributed by atoms with E-state index in [0.29, 0.717) is 23.8 Å². The number of nitrogens with zero attached hydrogens (tertiary/aromatic N) is 1. The molecule has 5 heteroatoms. The predicted molar refractivity (Wildman–Crippen MR) is 82.5 cm³/mol. The molecule has 0 spiro atoms. The third-order valence-electron chi connectivity index (χ3n) is 3.68. The van der Waals surface area contributed by atoms with Crippen LogP contribution in [-0.4, -0.2) is 36.5 Å². The molecular weight excluding hydrogens is 276 g/mol. The predicted octanol–water partition coefficient (Wildman–Crippen LogP) is 2.32. The number of carbonyl (C=O) groups is 1. The molecule has 2 atom stereocenters. The van der Waals surface area contributed by atoms with Gasteiger partial charge in [-0.05, 0) is 31.4 Å². The van der Waals surface area contributed by atoms with E-state index in [4.69, 9.17) is 10.5 Å². The highest BCUT2D eigenvalue weighted by Crippen LogP contribution is 2.23. The first kappa shape index (κ1) is 16.8. The minimum absolute atomic E-state index is 0. The van der Waals surface area contributed by atoms with Crippen molar-refractivity contribution in [1.82, 2.24) is 4.90 Å². The van der Waals surface area contributed by atoms with Gasteiger partial charge in [0.15, 0.2) is 0 Å². The number of likely N-dealkylation sites (tertiary alicyclic amines) is 1. The van der Waals surface area contributed by atoms with Crippen LogP contribution in [-0.2, 0) is 0 Å². The van der Waals surface area contributed by atoms with Crippen LogP contribution in [0.15, 0.2) is 24.3 Å². The van der Waals surface area contributed by atoms with Crippen LogP contribution in [0.1, 0.15) is 30.6 Å². The van der Waals surface area contributed by atoms with E-state index in [1.165, 1.54) is 0 Å². The summed E-state index contributed by atoms with van der Waals surface area (Å²) in [5, 5.41) is 0. The average molecular weight is 299 g/mol. The largest absolute Gasteiger partial charge is 0.493 e. The minimum Gasteiger partial charge on any atom is -0.493 e. The Balaban J connectivity index is 0.00000200. The van der Waals surface area contributed by atoms with Crippen LogP contribution in [0.25, 0.3) is 0 Å². The van der Waals surface area contributed by atoms with E-state index in [1.54, 1.807) is 0 Å². The van der Waals surface area contributed by atoms with Crippen molar-refractivity contribution < 1.29 is 9.53 Å². The molecule has 0 radical (unpaired) electrons.